The molecule has 2 aromatic heterocycles. The molecule has 6 aromatic rings. The number of aliphatic hydroxyl groups excluding tert-OH is 1. The van der Waals surface area contributed by atoms with E-state index in [1.54, 1.807) is 9.13 Å². The van der Waals surface area contributed by atoms with Crippen LogP contribution in [-0.2, 0) is 36.1 Å². The molecule has 1 amide bonds. The molecule has 0 spiro atoms. The van der Waals surface area contributed by atoms with Gasteiger partial charge in [-0.15, -0.1) is 12.4 Å². The Morgan fingerprint density at radius 1 is 0.687 bits per heavy atom. The third-order valence-electron chi connectivity index (χ3n) is 11.3. The predicted molar refractivity (Wildman–Crippen MR) is 273 cm³/mol. The number of benzene rings is 4. The number of aromatic nitrogens is 4. The summed E-state index contributed by atoms with van der Waals surface area (Å²) in [7, 11) is 0.919. The summed E-state index contributed by atoms with van der Waals surface area (Å²) in [4.78, 5) is 45.1. The van der Waals surface area contributed by atoms with Gasteiger partial charge in [0.25, 0.3) is 8.32 Å². The second kappa shape index (κ2) is 23.8. The number of nitrogens with one attached hydrogen (secondary N) is 1. The second-order valence-corrected chi connectivity index (χ2v) is 23.3. The molecule has 4 N–H and O–H groups in total. The van der Waals surface area contributed by atoms with Crippen molar-refractivity contribution >= 4 is 48.8 Å². The number of carbonyl (C=O) groups is 3. The van der Waals surface area contributed by atoms with Crippen molar-refractivity contribution in [2.45, 2.75) is 104 Å². The molecule has 0 saturated heterocycles. The van der Waals surface area contributed by atoms with Crippen LogP contribution in [0.15, 0.2) is 122 Å². The third kappa shape index (κ3) is 14.6. The minimum atomic E-state index is -2.72. The Labute approximate surface area is 403 Å². The van der Waals surface area contributed by atoms with Crippen LogP contribution in [-0.4, -0.2) is 81.1 Å². The van der Waals surface area contributed by atoms with Crippen molar-refractivity contribution < 1.29 is 28.7 Å². The molecule has 0 aliphatic carbocycles. The fraction of sp³-hybridized carbons (Fsp3) is 0.377. The third-order valence-corrected chi connectivity index (χ3v) is 16.3. The molecule has 6 rings (SSSR count). The van der Waals surface area contributed by atoms with E-state index in [4.69, 9.17) is 20.0 Å². The molecule has 0 bridgehead atoms. The molecule has 0 unspecified atom stereocenters. The molecule has 0 radical (unpaired) electrons. The van der Waals surface area contributed by atoms with E-state index >= 15 is 0 Å². The summed E-state index contributed by atoms with van der Waals surface area (Å²) in [6, 6.07) is 37.0. The van der Waals surface area contributed by atoms with Gasteiger partial charge in [0.2, 0.25) is 0 Å². The summed E-state index contributed by atoms with van der Waals surface area (Å²) in [5.74, 6) is 0.766. The second-order valence-electron chi connectivity index (χ2n) is 19.0. The number of aliphatic hydroxyl groups is 1. The predicted octanol–water partition coefficient (Wildman–Crippen LogP) is 8.66. The summed E-state index contributed by atoms with van der Waals surface area (Å²) < 4.78 is 16.3. The Kier molecular flexibility index (Phi) is 19.2. The van der Waals surface area contributed by atoms with Crippen LogP contribution >= 0.6 is 12.4 Å². The Morgan fingerprint density at radius 2 is 1.12 bits per heavy atom. The molecule has 14 heteroatoms. The number of amides is 1. The lowest BCUT2D eigenvalue weighted by Gasteiger charge is -2.43. The molecule has 2 atom stereocenters. The van der Waals surface area contributed by atoms with Gasteiger partial charge < -0.3 is 34.5 Å². The van der Waals surface area contributed by atoms with Crippen molar-refractivity contribution in [3.05, 3.63) is 144 Å². The van der Waals surface area contributed by atoms with Crippen LogP contribution in [0, 0.1) is 0 Å². The summed E-state index contributed by atoms with van der Waals surface area (Å²) in [6.45, 7) is 16.0. The smallest absolute Gasteiger partial charge is 0.407 e. The highest BCUT2D eigenvalue weighted by molar-refractivity contribution is 6.99. The number of halogens is 1. The number of imidazole rings is 2. The number of ether oxygens (including phenoxy) is 1. The number of alkyl carbamates (subject to hydrolysis) is 1. The Morgan fingerprint density at radius 3 is 1.49 bits per heavy atom. The monoisotopic (exact) mass is 948 g/mol. The SMILES string of the molecule is CC(=O)c1nc(-c2ccc(C[C@@H](CCO[Si](c3ccccc3)(c3ccccc3)C(C)(C)C)NC(=O)OC(C)(C)C)cc2)cn1C.CC(=O)c1nc(-c2ccc(C[C@H](N)CCO)cc2)cn1C.Cl. The van der Waals surface area contributed by atoms with Gasteiger partial charge in [-0.2, -0.15) is 0 Å². The van der Waals surface area contributed by atoms with Gasteiger partial charge in [-0.3, -0.25) is 9.59 Å². The van der Waals surface area contributed by atoms with Crippen LogP contribution < -0.4 is 21.4 Å². The first-order valence-corrected chi connectivity index (χ1v) is 24.5. The average molecular weight is 950 g/mol. The lowest BCUT2D eigenvalue weighted by Crippen LogP contribution is -2.66. The van der Waals surface area contributed by atoms with E-state index < -0.39 is 20.0 Å². The van der Waals surface area contributed by atoms with Crippen molar-refractivity contribution in [1.82, 2.24) is 24.4 Å². The number of nitrogens with zero attached hydrogens (tertiary/aromatic N) is 4. The van der Waals surface area contributed by atoms with Crippen LogP contribution in [0.4, 0.5) is 4.79 Å². The highest BCUT2D eigenvalue weighted by Gasteiger charge is 2.50. The molecular formula is C53H69ClN6O6Si. The van der Waals surface area contributed by atoms with Crippen molar-refractivity contribution in [1.29, 1.82) is 0 Å². The summed E-state index contributed by atoms with van der Waals surface area (Å²) >= 11 is 0. The maximum Gasteiger partial charge on any atom is 0.407 e. The lowest BCUT2D eigenvalue weighted by atomic mass is 10.0. The number of hydrogen-bond acceptors (Lipinski definition) is 9. The first kappa shape index (κ1) is 53.9. The first-order chi connectivity index (χ1) is 31.2. The zero-order chi connectivity index (χ0) is 48.2. The minimum absolute atomic E-state index is 0. The fourth-order valence-corrected chi connectivity index (χ4v) is 12.7. The zero-order valence-electron chi connectivity index (χ0n) is 40.7. The Balaban J connectivity index is 0.000000372. The molecule has 2 heterocycles. The number of rotatable bonds is 17. The average Bonchev–Trinajstić information content (AvgIpc) is 3.85. The van der Waals surface area contributed by atoms with Gasteiger partial charge in [0.05, 0.1) is 11.4 Å². The minimum Gasteiger partial charge on any atom is -0.444 e. The van der Waals surface area contributed by atoms with Gasteiger partial charge in [-0.25, -0.2) is 14.8 Å². The Bertz CT molecular complexity index is 2470. The number of ketones is 2. The molecule has 358 valence electrons. The zero-order valence-corrected chi connectivity index (χ0v) is 42.5. The fourth-order valence-electron chi connectivity index (χ4n) is 8.16. The van der Waals surface area contributed by atoms with Crippen LogP contribution in [0.3, 0.4) is 0 Å². The number of hydrogen-bond donors (Lipinski definition) is 3. The van der Waals surface area contributed by atoms with Crippen LogP contribution in [0.2, 0.25) is 5.04 Å². The van der Waals surface area contributed by atoms with Crippen molar-refractivity contribution in [3.8, 4) is 22.5 Å². The largest absolute Gasteiger partial charge is 0.444 e. The van der Waals surface area contributed by atoms with Gasteiger partial charge in [-0.05, 0) is 73.0 Å². The van der Waals surface area contributed by atoms with Crippen LogP contribution in [0.5, 0.6) is 0 Å². The molecule has 67 heavy (non-hydrogen) atoms. The van der Waals surface area contributed by atoms with E-state index in [9.17, 15) is 14.4 Å². The van der Waals surface area contributed by atoms with Gasteiger partial charge in [0.15, 0.2) is 23.2 Å². The number of Topliss-reactive ketones (excluding diaryl/α,β-unsaturated/α-hetero) is 2. The maximum absolute atomic E-state index is 12.9. The van der Waals surface area contributed by atoms with Gasteiger partial charge in [0, 0.05) is 76.8 Å². The molecule has 4 aromatic carbocycles. The van der Waals surface area contributed by atoms with Gasteiger partial charge in [-0.1, -0.05) is 130 Å². The molecule has 0 fully saturated rings. The highest BCUT2D eigenvalue weighted by atomic mass is 35.5. The van der Waals surface area contributed by atoms with E-state index in [1.807, 2.05) is 108 Å². The number of nitrogens with two attached hydrogens (primary N) is 1. The van der Waals surface area contributed by atoms with E-state index in [1.165, 1.54) is 24.2 Å². The molecular weight excluding hydrogens is 880 g/mol. The normalized spacial score (nSPS) is 12.5. The van der Waals surface area contributed by atoms with Crippen LogP contribution in [0.1, 0.15) is 101 Å². The number of carbonyl (C=O) groups excluding carboxylic acids is 3. The number of aryl methyl sites for hydroxylation is 2. The van der Waals surface area contributed by atoms with Crippen molar-refractivity contribution in [2.75, 3.05) is 13.2 Å². The molecule has 0 aliphatic heterocycles. The first-order valence-electron chi connectivity index (χ1n) is 22.6. The topological polar surface area (TPSA) is 164 Å². The molecule has 0 aliphatic rings. The summed E-state index contributed by atoms with van der Waals surface area (Å²) in [6.07, 6.45) is 5.81. The maximum atomic E-state index is 12.9. The quantitative estimate of drug-likeness (QED) is 0.0600. The van der Waals surface area contributed by atoms with Crippen molar-refractivity contribution in [2.24, 2.45) is 19.8 Å². The van der Waals surface area contributed by atoms with Gasteiger partial charge in [0.1, 0.15) is 5.60 Å². The van der Waals surface area contributed by atoms with E-state index in [-0.39, 0.29) is 47.7 Å². The standard InChI is InChI=1S/C37H47N3O4Si.C16H21N3O2.ClH/c1-27(41)34-39-33(26-40(34)8)29-21-19-28(20-22-29)25-30(38-35(42)44-36(2,3)4)23-24-43-45(37(5,6)7,31-15-11-9-12-16-31)32-17-13-10-14-18-32;1-11(21)16-18-15(10-19(16)2)13-5-3-12(4-6-13)9-14(17)7-8-20;/h9-22,26,30H,23-25H2,1-8H3,(H,38,42);3-6,10,14,20H,7-9,17H2,1-2H3;1H/t30-;14-;/m11./s1. The lowest BCUT2D eigenvalue weighted by molar-refractivity contribution is 0.0497. The summed E-state index contributed by atoms with van der Waals surface area (Å²) in [5, 5.41) is 14.3. The summed E-state index contributed by atoms with van der Waals surface area (Å²) in [5.41, 5.74) is 10.9. The highest BCUT2D eigenvalue weighted by Crippen LogP contribution is 2.37. The Hall–Kier alpha value is -5.70. The van der Waals surface area contributed by atoms with Crippen molar-refractivity contribution in [3.63, 3.8) is 0 Å². The van der Waals surface area contributed by atoms with E-state index in [2.05, 4.69) is 84.6 Å². The molecule has 12 nitrogen and oxygen atoms in total. The van der Waals surface area contributed by atoms with Gasteiger partial charge >= 0.3 is 6.09 Å². The molecule has 0 saturated carbocycles. The van der Waals surface area contributed by atoms with E-state index in [0.29, 0.717) is 37.5 Å². The van der Waals surface area contributed by atoms with E-state index in [0.717, 1.165) is 40.1 Å². The van der Waals surface area contributed by atoms with Crippen LogP contribution in [0.25, 0.3) is 22.5 Å².